The molecular formula is C61H67N3O. The molecule has 0 aliphatic rings. The molecule has 0 bridgehead atoms. The van der Waals surface area contributed by atoms with Crippen molar-refractivity contribution in [3.05, 3.63) is 167 Å². The minimum Gasteiger partial charge on any atom is -0.507 e. The van der Waals surface area contributed by atoms with Gasteiger partial charge in [0.15, 0.2) is 0 Å². The number of aromatic nitrogens is 3. The Labute approximate surface area is 389 Å². The monoisotopic (exact) mass is 859 g/mol. The summed E-state index contributed by atoms with van der Waals surface area (Å²) in [6.45, 7) is 30.6. The first-order chi connectivity index (χ1) is 30.8. The van der Waals surface area contributed by atoms with E-state index in [2.05, 4.69) is 221 Å². The van der Waals surface area contributed by atoms with Crippen molar-refractivity contribution in [2.75, 3.05) is 0 Å². The van der Waals surface area contributed by atoms with Gasteiger partial charge in [-0.05, 0) is 121 Å². The maximum Gasteiger partial charge on any atom is 0.149 e. The van der Waals surface area contributed by atoms with Gasteiger partial charge in [-0.2, -0.15) is 0 Å². The second kappa shape index (κ2) is 16.6. The van der Waals surface area contributed by atoms with Gasteiger partial charge in [-0.25, -0.2) is 4.98 Å². The van der Waals surface area contributed by atoms with E-state index in [1.807, 2.05) is 20.0 Å². The molecule has 0 aliphatic heterocycles. The standard InChI is InChI=1S/C61H67N3O/c1-38(2)39-23-25-40(26-24-39)42-29-30-62-52(34-42)44-31-43(32-46(33-44)59(6,7)8)48-21-18-22-54-55(48)63-57(50-36-47(60(9,10)11)37-51(56(50)65)61(12,13)14)64(54)53-28-27-45(58(3,4)5)35-49(53)41-19-16-15-17-20-41/h15-38,65H,1-14H3/i38D. The van der Waals surface area contributed by atoms with E-state index in [4.69, 9.17) is 11.3 Å². The number of para-hydroxylation sites is 1. The van der Waals surface area contributed by atoms with Gasteiger partial charge in [0.2, 0.25) is 0 Å². The third-order valence-corrected chi connectivity index (χ3v) is 12.9. The Bertz CT molecular complexity index is 3080. The molecule has 1 N–H and O–H groups in total. The number of fused-ring (bicyclic) bond motifs is 1. The van der Waals surface area contributed by atoms with Crippen LogP contribution in [0.3, 0.4) is 0 Å². The summed E-state index contributed by atoms with van der Waals surface area (Å²) < 4.78 is 10.8. The van der Waals surface area contributed by atoms with Crippen molar-refractivity contribution < 1.29 is 6.48 Å². The van der Waals surface area contributed by atoms with E-state index >= 15 is 0 Å². The molecule has 0 saturated carbocycles. The molecule has 4 nitrogen and oxygen atoms in total. The van der Waals surface area contributed by atoms with Crippen LogP contribution in [0.4, 0.5) is 0 Å². The van der Waals surface area contributed by atoms with Crippen molar-refractivity contribution in [2.45, 2.75) is 124 Å². The summed E-state index contributed by atoms with van der Waals surface area (Å²) >= 11 is 0. The van der Waals surface area contributed by atoms with E-state index in [-0.39, 0.29) is 27.4 Å². The highest BCUT2D eigenvalue weighted by molar-refractivity contribution is 5.98. The molecule has 0 fully saturated rings. The summed E-state index contributed by atoms with van der Waals surface area (Å²) in [4.78, 5) is 10.7. The fourth-order valence-electron chi connectivity index (χ4n) is 8.74. The van der Waals surface area contributed by atoms with E-state index in [1.165, 1.54) is 11.1 Å². The average molecular weight is 859 g/mol. The summed E-state index contributed by atoms with van der Waals surface area (Å²) in [6, 6.07) is 47.7. The van der Waals surface area contributed by atoms with Crippen molar-refractivity contribution in [3.8, 4) is 67.5 Å². The summed E-state index contributed by atoms with van der Waals surface area (Å²) in [5.74, 6) is 0.272. The number of phenolic OH excluding ortho intramolecular Hbond substituents is 1. The van der Waals surface area contributed by atoms with Gasteiger partial charge in [-0.15, -0.1) is 0 Å². The first kappa shape index (κ1) is 44.0. The molecule has 0 aliphatic carbocycles. The van der Waals surface area contributed by atoms with Crippen LogP contribution in [0.25, 0.3) is 72.7 Å². The Morgan fingerprint density at radius 2 is 1.14 bits per heavy atom. The Morgan fingerprint density at radius 1 is 0.508 bits per heavy atom. The summed E-state index contributed by atoms with van der Waals surface area (Å²) in [6.07, 6.45) is 1.89. The van der Waals surface area contributed by atoms with Gasteiger partial charge in [-0.3, -0.25) is 9.55 Å². The third kappa shape index (κ3) is 9.06. The van der Waals surface area contributed by atoms with Gasteiger partial charge in [0, 0.05) is 29.8 Å². The van der Waals surface area contributed by atoms with Crippen LogP contribution in [-0.2, 0) is 21.7 Å². The van der Waals surface area contributed by atoms with Gasteiger partial charge < -0.3 is 5.11 Å². The minimum atomic E-state index is -0.668. The predicted octanol–water partition coefficient (Wildman–Crippen LogP) is 16.8. The van der Waals surface area contributed by atoms with Crippen molar-refractivity contribution in [2.24, 2.45) is 0 Å². The maximum absolute atomic E-state index is 12.6. The third-order valence-electron chi connectivity index (χ3n) is 12.9. The van der Waals surface area contributed by atoms with Crippen molar-refractivity contribution in [3.63, 3.8) is 0 Å². The highest BCUT2D eigenvalue weighted by Gasteiger charge is 2.30. The largest absolute Gasteiger partial charge is 0.507 e. The molecule has 65 heavy (non-hydrogen) atoms. The first-order valence-electron chi connectivity index (χ1n) is 23.6. The number of hydrogen-bond donors (Lipinski definition) is 1. The lowest BCUT2D eigenvalue weighted by Gasteiger charge is -2.28. The summed E-state index contributed by atoms with van der Waals surface area (Å²) in [7, 11) is 0. The molecule has 2 heterocycles. The van der Waals surface area contributed by atoms with E-state index in [0.717, 1.165) is 78.0 Å². The predicted molar refractivity (Wildman–Crippen MR) is 277 cm³/mol. The normalized spacial score (nSPS) is 13.0. The molecule has 0 radical (unpaired) electrons. The van der Waals surface area contributed by atoms with E-state index in [1.54, 1.807) is 0 Å². The van der Waals surface area contributed by atoms with Crippen LogP contribution in [0.1, 0.15) is 132 Å². The average Bonchev–Trinajstić information content (AvgIpc) is 3.64. The minimum absolute atomic E-state index is 0.0792. The zero-order valence-corrected chi connectivity index (χ0v) is 41.1. The lowest BCUT2D eigenvalue weighted by atomic mass is 9.79. The molecule has 0 unspecified atom stereocenters. The van der Waals surface area contributed by atoms with Crippen molar-refractivity contribution >= 4 is 11.0 Å². The van der Waals surface area contributed by atoms with Gasteiger partial charge in [0.05, 0.1) is 28.0 Å². The topological polar surface area (TPSA) is 50.9 Å². The Balaban J connectivity index is 1.43. The maximum atomic E-state index is 12.6. The number of nitrogens with zero attached hydrogens (tertiary/aromatic N) is 3. The fourth-order valence-corrected chi connectivity index (χ4v) is 8.74. The van der Waals surface area contributed by atoms with Crippen LogP contribution in [-0.4, -0.2) is 19.6 Å². The molecule has 0 spiro atoms. The van der Waals surface area contributed by atoms with E-state index < -0.39 is 5.89 Å². The molecule has 8 rings (SSSR count). The van der Waals surface area contributed by atoms with Gasteiger partial charge >= 0.3 is 0 Å². The molecule has 4 heteroatoms. The number of imidazole rings is 1. The van der Waals surface area contributed by atoms with Gasteiger partial charge in [-0.1, -0.05) is 182 Å². The highest BCUT2D eigenvalue weighted by Crippen LogP contribution is 2.46. The molecule has 6 aromatic carbocycles. The molecule has 0 saturated heterocycles. The number of aromatic hydroxyl groups is 1. The second-order valence-corrected chi connectivity index (χ2v) is 22.3. The van der Waals surface area contributed by atoms with E-state index in [0.29, 0.717) is 11.4 Å². The molecular weight excluding hydrogens is 791 g/mol. The molecule has 0 atom stereocenters. The lowest BCUT2D eigenvalue weighted by Crippen LogP contribution is -2.17. The molecule has 2 aromatic heterocycles. The Hall–Kier alpha value is -6.26. The van der Waals surface area contributed by atoms with Crippen LogP contribution in [0.15, 0.2) is 140 Å². The smallest absolute Gasteiger partial charge is 0.149 e. The zero-order chi connectivity index (χ0) is 47.7. The van der Waals surface area contributed by atoms with Crippen LogP contribution < -0.4 is 0 Å². The van der Waals surface area contributed by atoms with Crippen LogP contribution in [0.5, 0.6) is 5.75 Å². The molecule has 332 valence electrons. The van der Waals surface area contributed by atoms with Gasteiger partial charge in [0.25, 0.3) is 0 Å². The van der Waals surface area contributed by atoms with Gasteiger partial charge in [0.1, 0.15) is 11.6 Å². The number of rotatable bonds is 7. The zero-order valence-electron chi connectivity index (χ0n) is 42.1. The quantitative estimate of drug-likeness (QED) is 0.174. The SMILES string of the molecule is [2H]C(C)(C)c1ccc(-c2ccnc(-c3cc(-c4cccc5c4nc(-c4cc(C(C)(C)C)cc(C(C)(C)C)c4O)n5-c4ccc(C(C)(C)C)cc4-c4ccccc4)cc(C(C)(C)C)c3)c2)cc1. The van der Waals surface area contributed by atoms with Crippen LogP contribution >= 0.6 is 0 Å². The summed E-state index contributed by atoms with van der Waals surface area (Å²) in [5.41, 5.74) is 16.5. The first-order valence-corrected chi connectivity index (χ1v) is 23.1. The summed E-state index contributed by atoms with van der Waals surface area (Å²) in [5, 5.41) is 12.6. The van der Waals surface area contributed by atoms with E-state index in [9.17, 15) is 5.11 Å². The lowest BCUT2D eigenvalue weighted by molar-refractivity contribution is 0.446. The molecule has 8 aromatic rings. The number of pyridine rings is 1. The van der Waals surface area contributed by atoms with Crippen LogP contribution in [0, 0.1) is 0 Å². The van der Waals surface area contributed by atoms with Crippen LogP contribution in [0.2, 0.25) is 0 Å². The van der Waals surface area contributed by atoms with Crippen molar-refractivity contribution in [1.29, 1.82) is 0 Å². The number of hydrogen-bond acceptors (Lipinski definition) is 3. The highest BCUT2D eigenvalue weighted by atomic mass is 16.3. The number of benzene rings is 6. The Kier molecular flexibility index (Phi) is 11.2. The fraction of sp³-hybridized carbons (Fsp3) is 0.311. The second-order valence-electron chi connectivity index (χ2n) is 22.3. The molecule has 0 amide bonds. The Morgan fingerprint density at radius 3 is 1.77 bits per heavy atom. The number of phenols is 1. The van der Waals surface area contributed by atoms with Crippen molar-refractivity contribution in [1.82, 2.24) is 14.5 Å².